The number of aliphatic hydroxyl groups is 4. The number of hydrogen-bond acceptors (Lipinski definition) is 8. The van der Waals surface area contributed by atoms with E-state index in [4.69, 9.17) is 0 Å². The Morgan fingerprint density at radius 1 is 0.429 bits per heavy atom. The maximum Gasteiger partial charge on any atom is 0.0639 e. The number of rotatable bonds is 8. The first kappa shape index (κ1) is 25.7. The molecule has 4 N–H and O–H groups in total. The van der Waals surface area contributed by atoms with Gasteiger partial charge in [0.2, 0.25) is 0 Å². The highest BCUT2D eigenvalue weighted by Gasteiger charge is 2.19. The topological polar surface area (TPSA) is 93.9 Å². The first-order valence-corrected chi connectivity index (χ1v) is 10.8. The summed E-state index contributed by atoms with van der Waals surface area (Å²) in [6, 6.07) is 0. The van der Waals surface area contributed by atoms with E-state index < -0.39 is 0 Å². The molecule has 4 atom stereocenters. The zero-order valence-electron chi connectivity index (χ0n) is 18.4. The molecule has 168 valence electrons. The van der Waals surface area contributed by atoms with E-state index in [1.165, 1.54) is 0 Å². The minimum absolute atomic E-state index is 0.384. The minimum Gasteiger partial charge on any atom is -0.392 e. The van der Waals surface area contributed by atoms with Gasteiger partial charge in [-0.25, -0.2) is 0 Å². The van der Waals surface area contributed by atoms with E-state index in [1.807, 2.05) is 27.7 Å². The lowest BCUT2D eigenvalue weighted by molar-refractivity contribution is 0.0576. The normalized spacial score (nSPS) is 24.9. The Bertz CT molecular complexity index is 308. The van der Waals surface area contributed by atoms with Crippen molar-refractivity contribution in [1.29, 1.82) is 0 Å². The van der Waals surface area contributed by atoms with E-state index in [1.54, 1.807) is 0 Å². The van der Waals surface area contributed by atoms with Crippen LogP contribution in [0.2, 0.25) is 0 Å². The van der Waals surface area contributed by atoms with Crippen LogP contribution in [-0.4, -0.2) is 143 Å². The molecular formula is C20H44N4O4. The van der Waals surface area contributed by atoms with Gasteiger partial charge in [-0.15, -0.1) is 0 Å². The van der Waals surface area contributed by atoms with Crippen LogP contribution in [0.4, 0.5) is 0 Å². The van der Waals surface area contributed by atoms with Crippen molar-refractivity contribution in [3.8, 4) is 0 Å². The van der Waals surface area contributed by atoms with Gasteiger partial charge in [-0.05, 0) is 27.7 Å². The molecule has 1 saturated heterocycles. The zero-order valence-corrected chi connectivity index (χ0v) is 18.4. The van der Waals surface area contributed by atoms with Gasteiger partial charge in [0, 0.05) is 78.5 Å². The molecular weight excluding hydrogens is 360 g/mol. The van der Waals surface area contributed by atoms with E-state index >= 15 is 0 Å². The van der Waals surface area contributed by atoms with E-state index in [2.05, 4.69) is 19.6 Å². The molecule has 1 rings (SSSR count). The summed E-state index contributed by atoms with van der Waals surface area (Å²) in [5.74, 6) is 0. The molecule has 0 radical (unpaired) electrons. The van der Waals surface area contributed by atoms with E-state index in [0.29, 0.717) is 26.2 Å². The Hall–Kier alpha value is -0.320. The SMILES string of the molecule is C[C@@H](O)CN1CCN(C[C@@H](C)O)CCN(C[C@@H](C)O)CCN(C[C@@H](C)O)CC1. The van der Waals surface area contributed by atoms with Crippen molar-refractivity contribution in [3.63, 3.8) is 0 Å². The zero-order chi connectivity index (χ0) is 21.1. The molecule has 0 aromatic heterocycles. The van der Waals surface area contributed by atoms with E-state index in [0.717, 1.165) is 52.4 Å². The van der Waals surface area contributed by atoms with E-state index in [9.17, 15) is 20.4 Å². The number of aliphatic hydroxyl groups excluding tert-OH is 4. The fourth-order valence-electron chi connectivity index (χ4n) is 3.80. The Morgan fingerprint density at radius 3 is 0.679 bits per heavy atom. The Balaban J connectivity index is 2.85. The first-order valence-electron chi connectivity index (χ1n) is 10.8. The van der Waals surface area contributed by atoms with Crippen LogP contribution in [0.5, 0.6) is 0 Å². The molecule has 0 aromatic rings. The molecule has 0 unspecified atom stereocenters. The third-order valence-electron chi connectivity index (χ3n) is 5.02. The van der Waals surface area contributed by atoms with Crippen LogP contribution < -0.4 is 0 Å². The average molecular weight is 405 g/mol. The second kappa shape index (κ2) is 13.8. The van der Waals surface area contributed by atoms with E-state index in [-0.39, 0.29) is 24.4 Å². The molecule has 0 amide bonds. The van der Waals surface area contributed by atoms with Gasteiger partial charge in [-0.3, -0.25) is 19.6 Å². The lowest BCUT2D eigenvalue weighted by Gasteiger charge is -2.35. The molecule has 8 nitrogen and oxygen atoms in total. The van der Waals surface area contributed by atoms with Crippen LogP contribution in [0.25, 0.3) is 0 Å². The number of nitrogens with zero attached hydrogens (tertiary/aromatic N) is 4. The van der Waals surface area contributed by atoms with Crippen molar-refractivity contribution in [3.05, 3.63) is 0 Å². The van der Waals surface area contributed by atoms with Crippen LogP contribution in [0.1, 0.15) is 27.7 Å². The maximum absolute atomic E-state index is 9.86. The summed E-state index contributed by atoms with van der Waals surface area (Å²) >= 11 is 0. The fraction of sp³-hybridized carbons (Fsp3) is 1.00. The summed E-state index contributed by atoms with van der Waals surface area (Å²) in [6.07, 6.45) is -1.54. The van der Waals surface area contributed by atoms with Crippen molar-refractivity contribution in [2.45, 2.75) is 52.1 Å². The summed E-state index contributed by atoms with van der Waals surface area (Å²) in [4.78, 5) is 9.07. The summed E-state index contributed by atoms with van der Waals surface area (Å²) in [6.45, 7) is 16.4. The van der Waals surface area contributed by atoms with Crippen LogP contribution in [0.15, 0.2) is 0 Å². The molecule has 1 aliphatic rings. The summed E-state index contributed by atoms with van der Waals surface area (Å²) < 4.78 is 0. The van der Waals surface area contributed by atoms with Crippen molar-refractivity contribution >= 4 is 0 Å². The summed E-state index contributed by atoms with van der Waals surface area (Å²) in [5, 5.41) is 39.4. The van der Waals surface area contributed by atoms with Gasteiger partial charge in [-0.1, -0.05) is 0 Å². The monoisotopic (exact) mass is 404 g/mol. The Kier molecular flexibility index (Phi) is 12.7. The quantitative estimate of drug-likeness (QED) is 0.398. The van der Waals surface area contributed by atoms with Gasteiger partial charge < -0.3 is 20.4 Å². The standard InChI is InChI=1S/C20H44N4O4/c1-17(25)13-21-5-7-22(14-18(2)26)9-11-24(16-20(4)28)12-10-23(8-6-21)15-19(3)27/h17-20,25-28H,5-16H2,1-4H3/t17-,18-,19-,20-/m1/s1. The second-order valence-corrected chi connectivity index (χ2v) is 8.60. The van der Waals surface area contributed by atoms with Crippen LogP contribution in [0, 0.1) is 0 Å². The van der Waals surface area contributed by atoms with Crippen molar-refractivity contribution in [2.24, 2.45) is 0 Å². The second-order valence-electron chi connectivity index (χ2n) is 8.60. The van der Waals surface area contributed by atoms with Crippen molar-refractivity contribution < 1.29 is 20.4 Å². The van der Waals surface area contributed by atoms with Crippen LogP contribution >= 0.6 is 0 Å². The van der Waals surface area contributed by atoms with Crippen LogP contribution in [0.3, 0.4) is 0 Å². The van der Waals surface area contributed by atoms with Gasteiger partial charge in [0.1, 0.15) is 0 Å². The predicted molar refractivity (Wildman–Crippen MR) is 112 cm³/mol. The van der Waals surface area contributed by atoms with Crippen LogP contribution in [-0.2, 0) is 0 Å². The van der Waals surface area contributed by atoms with Gasteiger partial charge >= 0.3 is 0 Å². The van der Waals surface area contributed by atoms with Gasteiger partial charge in [0.05, 0.1) is 24.4 Å². The first-order chi connectivity index (χ1) is 13.2. The highest BCUT2D eigenvalue weighted by Crippen LogP contribution is 2.04. The Morgan fingerprint density at radius 2 is 0.571 bits per heavy atom. The highest BCUT2D eigenvalue weighted by molar-refractivity contribution is 4.75. The Labute approximate surface area is 171 Å². The third-order valence-corrected chi connectivity index (χ3v) is 5.02. The highest BCUT2D eigenvalue weighted by atomic mass is 16.3. The third kappa shape index (κ3) is 12.3. The molecule has 0 bridgehead atoms. The van der Waals surface area contributed by atoms with Crippen molar-refractivity contribution in [2.75, 3.05) is 78.5 Å². The molecule has 1 aliphatic heterocycles. The maximum atomic E-state index is 9.86. The van der Waals surface area contributed by atoms with Crippen molar-refractivity contribution in [1.82, 2.24) is 19.6 Å². The summed E-state index contributed by atoms with van der Waals surface area (Å²) in [7, 11) is 0. The number of hydrogen-bond donors (Lipinski definition) is 4. The predicted octanol–water partition coefficient (Wildman–Crippen LogP) is -1.27. The van der Waals surface area contributed by atoms with Gasteiger partial charge in [0.25, 0.3) is 0 Å². The average Bonchev–Trinajstić information content (AvgIpc) is 2.55. The molecule has 0 spiro atoms. The lowest BCUT2D eigenvalue weighted by Crippen LogP contribution is -2.49. The molecule has 0 aliphatic carbocycles. The lowest BCUT2D eigenvalue weighted by atomic mass is 10.2. The molecule has 8 heteroatoms. The van der Waals surface area contributed by atoms with Gasteiger partial charge in [0.15, 0.2) is 0 Å². The molecule has 1 fully saturated rings. The summed E-state index contributed by atoms with van der Waals surface area (Å²) in [5.41, 5.74) is 0. The smallest absolute Gasteiger partial charge is 0.0639 e. The molecule has 28 heavy (non-hydrogen) atoms. The fourth-order valence-corrected chi connectivity index (χ4v) is 3.80. The minimum atomic E-state index is -0.384. The van der Waals surface area contributed by atoms with Gasteiger partial charge in [-0.2, -0.15) is 0 Å². The molecule has 0 saturated carbocycles. The molecule has 0 aromatic carbocycles. The largest absolute Gasteiger partial charge is 0.392 e. The molecule has 1 heterocycles. The number of β-amino-alcohol motifs (C(OH)–C–C–N with tert-alkyl or cyclic N) is 4.